The average Bonchev–Trinajstić information content (AvgIpc) is 3.43. The number of rotatable bonds is 11. The molecule has 2 aromatic carbocycles. The van der Waals surface area contributed by atoms with Crippen LogP contribution in [0.4, 0.5) is 9.18 Å². The number of hydrazone groups is 1. The molecule has 0 aliphatic carbocycles. The van der Waals surface area contributed by atoms with Crippen molar-refractivity contribution in [3.05, 3.63) is 59.4 Å². The SMILES string of the molecule is CCCNC(=O)N(CCN1CCOCC1)CC(=O)N1N=C(c2ccccc2F)C[C@H]1c1ccc(OC)c(OC)c1. The maximum Gasteiger partial charge on any atom is 0.317 e. The van der Waals surface area contributed by atoms with Crippen LogP contribution in [0.25, 0.3) is 0 Å². The first-order valence-electron chi connectivity index (χ1n) is 13.6. The van der Waals surface area contributed by atoms with Crippen LogP contribution >= 0.6 is 0 Å². The molecule has 0 aromatic heterocycles. The molecule has 2 heterocycles. The number of morpholine rings is 1. The van der Waals surface area contributed by atoms with E-state index in [2.05, 4.69) is 15.3 Å². The van der Waals surface area contributed by atoms with E-state index in [0.29, 0.717) is 62.0 Å². The molecule has 1 saturated heterocycles. The average molecular weight is 556 g/mol. The van der Waals surface area contributed by atoms with E-state index < -0.39 is 11.9 Å². The number of urea groups is 1. The standard InChI is InChI=1S/C29H38FN5O5/c1-4-11-31-29(37)34(13-12-33-14-16-40-17-15-33)20-28(36)35-25(21-9-10-26(38-2)27(18-21)39-3)19-24(32-35)22-7-5-6-8-23(22)30/h5-10,18,25H,4,11-17,19-20H2,1-3H3,(H,31,37)/t25-/m0/s1. The maximum absolute atomic E-state index is 14.7. The lowest BCUT2D eigenvalue weighted by atomic mass is 9.97. The van der Waals surface area contributed by atoms with Gasteiger partial charge in [-0.25, -0.2) is 14.2 Å². The molecule has 2 aliphatic rings. The molecule has 2 aliphatic heterocycles. The summed E-state index contributed by atoms with van der Waals surface area (Å²) in [7, 11) is 3.10. The van der Waals surface area contributed by atoms with Crippen LogP contribution in [-0.2, 0) is 9.53 Å². The molecule has 1 N–H and O–H groups in total. The molecule has 2 aromatic rings. The molecule has 3 amide bonds. The maximum atomic E-state index is 14.7. The van der Waals surface area contributed by atoms with Gasteiger partial charge < -0.3 is 24.4 Å². The molecule has 0 radical (unpaired) electrons. The number of halogens is 1. The van der Waals surface area contributed by atoms with Gasteiger partial charge in [-0.05, 0) is 30.2 Å². The third-order valence-electron chi connectivity index (χ3n) is 7.07. The summed E-state index contributed by atoms with van der Waals surface area (Å²) in [6.45, 7) is 6.17. The van der Waals surface area contributed by atoms with E-state index in [9.17, 15) is 14.0 Å². The van der Waals surface area contributed by atoms with Crippen molar-refractivity contribution in [3.8, 4) is 11.5 Å². The fourth-order valence-electron chi connectivity index (χ4n) is 4.84. The number of ether oxygens (including phenoxy) is 3. The van der Waals surface area contributed by atoms with Gasteiger partial charge in [-0.15, -0.1) is 0 Å². The van der Waals surface area contributed by atoms with E-state index in [1.165, 1.54) is 16.0 Å². The van der Waals surface area contributed by atoms with Gasteiger partial charge in [0, 0.05) is 44.7 Å². The lowest BCUT2D eigenvalue weighted by Gasteiger charge is -2.31. The van der Waals surface area contributed by atoms with Crippen molar-refractivity contribution in [1.29, 1.82) is 0 Å². The first kappa shape index (κ1) is 29.3. The molecular weight excluding hydrogens is 517 g/mol. The Morgan fingerprint density at radius 3 is 2.58 bits per heavy atom. The smallest absolute Gasteiger partial charge is 0.317 e. The minimum absolute atomic E-state index is 0.169. The third kappa shape index (κ3) is 7.08. The van der Waals surface area contributed by atoms with Gasteiger partial charge in [0.1, 0.15) is 12.4 Å². The number of nitrogens with zero attached hydrogens (tertiary/aromatic N) is 4. The fourth-order valence-corrected chi connectivity index (χ4v) is 4.84. The van der Waals surface area contributed by atoms with Gasteiger partial charge in [0.05, 0.1) is 39.2 Å². The van der Waals surface area contributed by atoms with Gasteiger partial charge in [0.2, 0.25) is 0 Å². The quantitative estimate of drug-likeness (QED) is 0.457. The Kier molecular flexibility index (Phi) is 10.3. The van der Waals surface area contributed by atoms with Crippen LogP contribution in [0.15, 0.2) is 47.6 Å². The Labute approximate surface area is 234 Å². The number of methoxy groups -OCH3 is 2. The minimum atomic E-state index is -0.512. The Balaban J connectivity index is 1.60. The van der Waals surface area contributed by atoms with Crippen LogP contribution in [0, 0.1) is 5.82 Å². The third-order valence-corrected chi connectivity index (χ3v) is 7.07. The Morgan fingerprint density at radius 2 is 1.88 bits per heavy atom. The van der Waals surface area contributed by atoms with Gasteiger partial charge in [0.25, 0.3) is 5.91 Å². The van der Waals surface area contributed by atoms with Gasteiger partial charge in [0.15, 0.2) is 11.5 Å². The van der Waals surface area contributed by atoms with Gasteiger partial charge in [-0.1, -0.05) is 31.2 Å². The second-order valence-corrected chi connectivity index (χ2v) is 9.71. The van der Waals surface area contributed by atoms with Crippen molar-refractivity contribution in [1.82, 2.24) is 20.1 Å². The molecule has 4 rings (SSSR count). The van der Waals surface area contributed by atoms with E-state index in [-0.39, 0.29) is 18.5 Å². The number of carbonyl (C=O) groups is 2. The predicted molar refractivity (Wildman–Crippen MR) is 149 cm³/mol. The molecule has 10 nitrogen and oxygen atoms in total. The van der Waals surface area contributed by atoms with Crippen LogP contribution < -0.4 is 14.8 Å². The number of hydrogen-bond donors (Lipinski definition) is 1. The second kappa shape index (κ2) is 14.1. The zero-order valence-corrected chi connectivity index (χ0v) is 23.4. The van der Waals surface area contributed by atoms with Crippen LogP contribution in [0.3, 0.4) is 0 Å². The van der Waals surface area contributed by atoms with E-state index in [1.54, 1.807) is 44.6 Å². The van der Waals surface area contributed by atoms with E-state index in [4.69, 9.17) is 14.2 Å². The molecule has 0 saturated carbocycles. The van der Waals surface area contributed by atoms with Crippen molar-refractivity contribution in [2.75, 3.05) is 66.7 Å². The summed E-state index contributed by atoms with van der Waals surface area (Å²) < 4.78 is 31.0. The van der Waals surface area contributed by atoms with Crippen molar-refractivity contribution < 1.29 is 28.2 Å². The van der Waals surface area contributed by atoms with Crippen molar-refractivity contribution in [3.63, 3.8) is 0 Å². The number of benzene rings is 2. The largest absolute Gasteiger partial charge is 0.493 e. The monoisotopic (exact) mass is 555 g/mol. The zero-order valence-electron chi connectivity index (χ0n) is 23.4. The summed E-state index contributed by atoms with van der Waals surface area (Å²) in [6.07, 6.45) is 1.08. The molecule has 40 heavy (non-hydrogen) atoms. The zero-order chi connectivity index (χ0) is 28.5. The Morgan fingerprint density at radius 1 is 1.12 bits per heavy atom. The molecule has 0 spiro atoms. The van der Waals surface area contributed by atoms with Gasteiger partial charge >= 0.3 is 6.03 Å². The van der Waals surface area contributed by atoms with Crippen molar-refractivity contribution >= 4 is 17.6 Å². The first-order valence-corrected chi connectivity index (χ1v) is 13.6. The van der Waals surface area contributed by atoms with Crippen molar-refractivity contribution in [2.24, 2.45) is 5.10 Å². The summed E-state index contributed by atoms with van der Waals surface area (Å²) in [5.74, 6) is 0.296. The number of amides is 3. The molecule has 1 atom stereocenters. The summed E-state index contributed by atoms with van der Waals surface area (Å²) in [5.41, 5.74) is 1.56. The lowest BCUT2D eigenvalue weighted by molar-refractivity contribution is -0.133. The van der Waals surface area contributed by atoms with E-state index in [1.807, 2.05) is 13.0 Å². The van der Waals surface area contributed by atoms with Gasteiger partial charge in [-0.2, -0.15) is 5.10 Å². The summed E-state index contributed by atoms with van der Waals surface area (Å²) in [4.78, 5) is 30.6. The Bertz CT molecular complexity index is 1200. The minimum Gasteiger partial charge on any atom is -0.493 e. The highest BCUT2D eigenvalue weighted by Gasteiger charge is 2.35. The lowest BCUT2D eigenvalue weighted by Crippen LogP contribution is -2.49. The highest BCUT2D eigenvalue weighted by Crippen LogP contribution is 2.37. The van der Waals surface area contributed by atoms with Crippen LogP contribution in [0.5, 0.6) is 11.5 Å². The summed E-state index contributed by atoms with van der Waals surface area (Å²) in [6, 6.07) is 11.0. The molecule has 0 bridgehead atoms. The predicted octanol–water partition coefficient (Wildman–Crippen LogP) is 3.27. The normalized spacial score (nSPS) is 17.4. The molecule has 0 unspecified atom stereocenters. The topological polar surface area (TPSA) is 95.9 Å². The van der Waals surface area contributed by atoms with Crippen molar-refractivity contribution in [2.45, 2.75) is 25.8 Å². The van der Waals surface area contributed by atoms with E-state index >= 15 is 0 Å². The fraction of sp³-hybridized carbons (Fsp3) is 0.483. The van der Waals surface area contributed by atoms with Gasteiger partial charge in [-0.3, -0.25) is 9.69 Å². The Hall–Kier alpha value is -3.70. The highest BCUT2D eigenvalue weighted by atomic mass is 19.1. The first-order chi connectivity index (χ1) is 19.4. The highest BCUT2D eigenvalue weighted by molar-refractivity contribution is 6.03. The van der Waals surface area contributed by atoms with Crippen LogP contribution in [-0.4, -0.2) is 99.2 Å². The van der Waals surface area contributed by atoms with Crippen LogP contribution in [0.1, 0.15) is 36.9 Å². The van der Waals surface area contributed by atoms with E-state index in [0.717, 1.165) is 25.1 Å². The molecule has 1 fully saturated rings. The molecular formula is C29H38FN5O5. The number of carbonyl (C=O) groups excluding carboxylic acids is 2. The number of nitrogens with one attached hydrogen (secondary N) is 1. The second-order valence-electron chi connectivity index (χ2n) is 9.71. The summed E-state index contributed by atoms with van der Waals surface area (Å²) in [5, 5.41) is 8.86. The molecule has 216 valence electrons. The van der Waals surface area contributed by atoms with Crippen LogP contribution in [0.2, 0.25) is 0 Å². The number of hydrogen-bond acceptors (Lipinski definition) is 7. The summed E-state index contributed by atoms with van der Waals surface area (Å²) >= 11 is 0. The molecule has 11 heteroatoms.